The standard InChI is InChI=1S/C23H25FN2O6/c1-5-31-22(27)20-17(13-32-16-9-7-15(24)8-10-16)26(2)23(28)25-21(20)14-6-11-18(29-3)19(12-14)30-4/h6-12,21H,5,13H2,1-4H3,(H,25,28)/t21-/m1/s1. The molecule has 0 unspecified atom stereocenters. The van der Waals surface area contributed by atoms with Gasteiger partial charge in [0.1, 0.15) is 18.2 Å². The number of methoxy groups -OCH3 is 2. The van der Waals surface area contributed by atoms with E-state index in [9.17, 15) is 14.0 Å². The lowest BCUT2D eigenvalue weighted by atomic mass is 9.94. The third-order valence-corrected chi connectivity index (χ3v) is 5.00. The first-order chi connectivity index (χ1) is 15.4. The molecule has 0 aromatic heterocycles. The van der Waals surface area contributed by atoms with Gasteiger partial charge in [0.2, 0.25) is 0 Å². The van der Waals surface area contributed by atoms with Crippen LogP contribution in [0.1, 0.15) is 18.5 Å². The van der Waals surface area contributed by atoms with Gasteiger partial charge in [-0.2, -0.15) is 0 Å². The summed E-state index contributed by atoms with van der Waals surface area (Å²) in [7, 11) is 4.55. The van der Waals surface area contributed by atoms with E-state index in [2.05, 4.69) is 5.32 Å². The number of nitrogens with zero attached hydrogens (tertiary/aromatic N) is 1. The van der Waals surface area contributed by atoms with Crippen molar-refractivity contribution in [1.29, 1.82) is 0 Å². The minimum Gasteiger partial charge on any atom is -0.493 e. The maximum Gasteiger partial charge on any atom is 0.338 e. The van der Waals surface area contributed by atoms with Gasteiger partial charge >= 0.3 is 12.0 Å². The van der Waals surface area contributed by atoms with Crippen LogP contribution in [0.4, 0.5) is 9.18 Å². The molecule has 0 spiro atoms. The second-order valence-electron chi connectivity index (χ2n) is 6.88. The predicted octanol–water partition coefficient (Wildman–Crippen LogP) is 3.44. The van der Waals surface area contributed by atoms with E-state index in [1.165, 1.54) is 50.4 Å². The number of hydrogen-bond donors (Lipinski definition) is 1. The third-order valence-electron chi connectivity index (χ3n) is 5.00. The van der Waals surface area contributed by atoms with Gasteiger partial charge in [-0.25, -0.2) is 14.0 Å². The van der Waals surface area contributed by atoms with Crippen molar-refractivity contribution in [2.45, 2.75) is 13.0 Å². The largest absolute Gasteiger partial charge is 0.493 e. The van der Waals surface area contributed by atoms with Gasteiger partial charge in [-0.05, 0) is 48.9 Å². The second kappa shape index (κ2) is 10.0. The van der Waals surface area contributed by atoms with Crippen LogP contribution in [0.25, 0.3) is 0 Å². The van der Waals surface area contributed by atoms with E-state index >= 15 is 0 Å². The Kier molecular flexibility index (Phi) is 7.19. The summed E-state index contributed by atoms with van der Waals surface area (Å²) >= 11 is 0. The highest BCUT2D eigenvalue weighted by molar-refractivity contribution is 5.95. The number of carbonyl (C=O) groups excluding carboxylic acids is 2. The first-order valence-electron chi connectivity index (χ1n) is 9.94. The van der Waals surface area contributed by atoms with Crippen molar-refractivity contribution in [3.8, 4) is 17.2 Å². The molecule has 2 aromatic carbocycles. The summed E-state index contributed by atoms with van der Waals surface area (Å²) in [4.78, 5) is 27.0. The Balaban J connectivity index is 2.05. The first kappa shape index (κ1) is 22.9. The fourth-order valence-electron chi connectivity index (χ4n) is 3.35. The number of nitrogens with one attached hydrogen (secondary N) is 1. The highest BCUT2D eigenvalue weighted by Crippen LogP contribution is 2.36. The molecule has 0 fully saturated rings. The van der Waals surface area contributed by atoms with Gasteiger partial charge in [0.15, 0.2) is 11.5 Å². The maximum absolute atomic E-state index is 13.2. The number of amides is 2. The maximum atomic E-state index is 13.2. The SMILES string of the molecule is CCOC(=O)C1=C(COc2ccc(F)cc2)N(C)C(=O)N[C@@H]1c1ccc(OC)c(OC)c1. The Hall–Kier alpha value is -3.75. The summed E-state index contributed by atoms with van der Waals surface area (Å²) in [6.45, 7) is 1.75. The van der Waals surface area contributed by atoms with Crippen molar-refractivity contribution in [3.63, 3.8) is 0 Å². The van der Waals surface area contributed by atoms with Crippen LogP contribution < -0.4 is 19.5 Å². The van der Waals surface area contributed by atoms with E-state index < -0.39 is 23.9 Å². The monoisotopic (exact) mass is 444 g/mol. The molecule has 1 N–H and O–H groups in total. The summed E-state index contributed by atoms with van der Waals surface area (Å²) in [5.74, 6) is 0.370. The molecule has 1 aliphatic heterocycles. The zero-order valence-corrected chi connectivity index (χ0v) is 18.3. The smallest absolute Gasteiger partial charge is 0.338 e. The van der Waals surface area contributed by atoms with Crippen molar-refractivity contribution >= 4 is 12.0 Å². The molecule has 0 saturated heterocycles. The number of likely N-dealkylation sites (N-methyl/N-ethyl adjacent to an activating group) is 1. The fraction of sp³-hybridized carbons (Fsp3) is 0.304. The van der Waals surface area contributed by atoms with Crippen LogP contribution in [0.15, 0.2) is 53.7 Å². The Morgan fingerprint density at radius 1 is 1.09 bits per heavy atom. The van der Waals surface area contributed by atoms with E-state index in [-0.39, 0.29) is 18.8 Å². The normalized spacial score (nSPS) is 15.8. The number of benzene rings is 2. The van der Waals surface area contributed by atoms with E-state index in [1.807, 2.05) is 0 Å². The van der Waals surface area contributed by atoms with Crippen LogP contribution in [-0.2, 0) is 9.53 Å². The van der Waals surface area contributed by atoms with Crippen LogP contribution in [0.3, 0.4) is 0 Å². The molecular formula is C23H25FN2O6. The quantitative estimate of drug-likeness (QED) is 0.628. The van der Waals surface area contributed by atoms with E-state index in [4.69, 9.17) is 18.9 Å². The average molecular weight is 444 g/mol. The molecule has 1 heterocycles. The number of urea groups is 1. The van der Waals surface area contributed by atoms with Crippen LogP contribution in [0.2, 0.25) is 0 Å². The fourth-order valence-corrected chi connectivity index (χ4v) is 3.35. The van der Waals surface area contributed by atoms with Crippen molar-refractivity contribution in [2.24, 2.45) is 0 Å². The molecule has 170 valence electrons. The van der Waals surface area contributed by atoms with Crippen LogP contribution >= 0.6 is 0 Å². The molecule has 1 aliphatic rings. The number of carbonyl (C=O) groups is 2. The van der Waals surface area contributed by atoms with Crippen molar-refractivity contribution in [1.82, 2.24) is 10.2 Å². The first-order valence-corrected chi connectivity index (χ1v) is 9.94. The third kappa shape index (κ3) is 4.77. The van der Waals surface area contributed by atoms with Crippen LogP contribution in [-0.4, -0.2) is 51.4 Å². The minimum atomic E-state index is -0.802. The Morgan fingerprint density at radius 3 is 2.41 bits per heavy atom. The molecular weight excluding hydrogens is 419 g/mol. The molecule has 0 bridgehead atoms. The predicted molar refractivity (Wildman–Crippen MR) is 114 cm³/mol. The molecule has 0 radical (unpaired) electrons. The molecule has 2 amide bonds. The van der Waals surface area contributed by atoms with Gasteiger partial charge in [0, 0.05) is 7.05 Å². The van der Waals surface area contributed by atoms with Crippen molar-refractivity contribution in [2.75, 3.05) is 34.5 Å². The molecule has 9 heteroatoms. The number of ether oxygens (including phenoxy) is 4. The van der Waals surface area contributed by atoms with Gasteiger partial charge < -0.3 is 24.3 Å². The number of esters is 1. The number of hydrogen-bond acceptors (Lipinski definition) is 6. The van der Waals surface area contributed by atoms with E-state index in [0.29, 0.717) is 28.5 Å². The molecule has 32 heavy (non-hydrogen) atoms. The highest BCUT2D eigenvalue weighted by atomic mass is 19.1. The van der Waals surface area contributed by atoms with Crippen LogP contribution in [0.5, 0.6) is 17.2 Å². The van der Waals surface area contributed by atoms with Crippen LogP contribution in [0, 0.1) is 5.82 Å². The van der Waals surface area contributed by atoms with Gasteiger partial charge in [-0.3, -0.25) is 4.90 Å². The van der Waals surface area contributed by atoms with Crippen molar-refractivity contribution < 1.29 is 32.9 Å². The summed E-state index contributed by atoms with van der Waals surface area (Å²) in [6.07, 6.45) is 0. The zero-order valence-electron chi connectivity index (χ0n) is 18.3. The molecule has 0 saturated carbocycles. The Morgan fingerprint density at radius 2 is 1.78 bits per heavy atom. The molecule has 0 aliphatic carbocycles. The second-order valence-corrected chi connectivity index (χ2v) is 6.88. The Labute approximate surface area is 185 Å². The Bertz CT molecular complexity index is 1020. The topological polar surface area (TPSA) is 86.3 Å². The summed E-state index contributed by atoms with van der Waals surface area (Å²) in [6, 6.07) is 9.35. The molecule has 3 rings (SSSR count). The number of rotatable bonds is 8. The lowest BCUT2D eigenvalue weighted by molar-refractivity contribution is -0.139. The average Bonchev–Trinajstić information content (AvgIpc) is 2.80. The molecule has 8 nitrogen and oxygen atoms in total. The molecule has 1 atom stereocenters. The van der Waals surface area contributed by atoms with Crippen molar-refractivity contribution in [3.05, 3.63) is 65.1 Å². The lowest BCUT2D eigenvalue weighted by Gasteiger charge is -2.34. The number of halogens is 1. The van der Waals surface area contributed by atoms with Gasteiger partial charge in [-0.1, -0.05) is 6.07 Å². The summed E-state index contributed by atoms with van der Waals surface area (Å²) in [5, 5.41) is 2.82. The van der Waals surface area contributed by atoms with Gasteiger partial charge in [0.25, 0.3) is 0 Å². The summed E-state index contributed by atoms with van der Waals surface area (Å²) < 4.78 is 34.9. The highest BCUT2D eigenvalue weighted by Gasteiger charge is 2.37. The van der Waals surface area contributed by atoms with E-state index in [1.54, 1.807) is 25.1 Å². The van der Waals surface area contributed by atoms with Gasteiger partial charge in [-0.15, -0.1) is 0 Å². The van der Waals surface area contributed by atoms with Gasteiger partial charge in [0.05, 0.1) is 38.1 Å². The molecule has 2 aromatic rings. The van der Waals surface area contributed by atoms with E-state index in [0.717, 1.165) is 0 Å². The minimum absolute atomic E-state index is 0.104. The summed E-state index contributed by atoms with van der Waals surface area (Å²) in [5.41, 5.74) is 1.16. The lowest BCUT2D eigenvalue weighted by Crippen LogP contribution is -2.48. The zero-order chi connectivity index (χ0) is 23.3.